The molecule has 1 aliphatic rings. The number of guanidine groups is 1. The molecule has 0 bridgehead atoms. The Labute approximate surface area is 159 Å². The van der Waals surface area contributed by atoms with Gasteiger partial charge >= 0.3 is 0 Å². The van der Waals surface area contributed by atoms with Gasteiger partial charge in [0.05, 0.1) is 6.61 Å². The van der Waals surface area contributed by atoms with E-state index in [1.807, 2.05) is 7.05 Å². The van der Waals surface area contributed by atoms with Crippen molar-refractivity contribution in [3.8, 4) is 0 Å². The van der Waals surface area contributed by atoms with Crippen LogP contribution in [0.2, 0.25) is 5.02 Å². The molecule has 1 atom stereocenters. The fraction of sp³-hybridized carbons (Fsp3) is 0.562. The smallest absolute Gasteiger partial charge is 0.193 e. The van der Waals surface area contributed by atoms with Crippen LogP contribution in [-0.2, 0) is 11.2 Å². The second kappa shape index (κ2) is 10.3. The predicted molar refractivity (Wildman–Crippen MR) is 103 cm³/mol. The molecule has 0 amide bonds. The van der Waals surface area contributed by atoms with E-state index in [2.05, 4.69) is 15.2 Å². The first kappa shape index (κ1) is 20.4. The molecule has 0 spiro atoms. The van der Waals surface area contributed by atoms with Crippen molar-refractivity contribution in [2.45, 2.75) is 12.8 Å². The summed E-state index contributed by atoms with van der Waals surface area (Å²) >= 11 is 6.03. The fourth-order valence-corrected chi connectivity index (χ4v) is 2.91. The SMILES string of the molecule is CN=C(NCCc1c(F)cccc1Cl)N(C)CC1CCOC1.I. The van der Waals surface area contributed by atoms with Crippen molar-refractivity contribution in [3.05, 3.63) is 34.6 Å². The second-order valence-corrected chi connectivity index (χ2v) is 5.94. The molecule has 0 aliphatic carbocycles. The van der Waals surface area contributed by atoms with Gasteiger partial charge < -0.3 is 15.0 Å². The first-order valence-electron chi connectivity index (χ1n) is 7.54. The molecule has 1 saturated heterocycles. The molecule has 1 fully saturated rings. The van der Waals surface area contributed by atoms with Gasteiger partial charge in [0, 0.05) is 50.3 Å². The Morgan fingerprint density at radius 1 is 1.52 bits per heavy atom. The summed E-state index contributed by atoms with van der Waals surface area (Å²) in [4.78, 5) is 6.36. The third-order valence-electron chi connectivity index (χ3n) is 3.85. The van der Waals surface area contributed by atoms with Crippen molar-refractivity contribution >= 4 is 41.5 Å². The molecule has 7 heteroatoms. The Morgan fingerprint density at radius 3 is 2.91 bits per heavy atom. The molecule has 1 unspecified atom stereocenters. The van der Waals surface area contributed by atoms with Crippen LogP contribution in [0.4, 0.5) is 4.39 Å². The Bertz CT molecular complexity index is 504. The molecule has 1 N–H and O–H groups in total. The van der Waals surface area contributed by atoms with Gasteiger partial charge in [-0.15, -0.1) is 24.0 Å². The van der Waals surface area contributed by atoms with Crippen LogP contribution in [0.5, 0.6) is 0 Å². The summed E-state index contributed by atoms with van der Waals surface area (Å²) in [6.07, 6.45) is 1.61. The van der Waals surface area contributed by atoms with Gasteiger partial charge in [0.2, 0.25) is 0 Å². The standard InChI is InChI=1S/C16H23ClFN3O.HI/c1-19-16(21(2)10-12-7-9-22-11-12)20-8-6-13-14(17)4-3-5-15(13)18;/h3-5,12H,6-11H2,1-2H3,(H,19,20);1H. The molecule has 0 saturated carbocycles. The number of hydrogen-bond donors (Lipinski definition) is 1. The highest BCUT2D eigenvalue weighted by Gasteiger charge is 2.19. The van der Waals surface area contributed by atoms with Gasteiger partial charge in [-0.1, -0.05) is 17.7 Å². The molecule has 23 heavy (non-hydrogen) atoms. The highest BCUT2D eigenvalue weighted by atomic mass is 127. The maximum Gasteiger partial charge on any atom is 0.193 e. The minimum absolute atomic E-state index is 0. The molecular weight excluding hydrogens is 432 g/mol. The maximum absolute atomic E-state index is 13.7. The van der Waals surface area contributed by atoms with Crippen molar-refractivity contribution in [2.75, 3.05) is 40.4 Å². The molecule has 1 aromatic carbocycles. The van der Waals surface area contributed by atoms with Crippen molar-refractivity contribution < 1.29 is 9.13 Å². The lowest BCUT2D eigenvalue weighted by Crippen LogP contribution is -2.42. The van der Waals surface area contributed by atoms with Crippen LogP contribution in [0.3, 0.4) is 0 Å². The minimum atomic E-state index is -0.263. The molecular formula is C16H24ClFIN3O. The third-order valence-corrected chi connectivity index (χ3v) is 4.20. The van der Waals surface area contributed by atoms with Gasteiger partial charge in [0.15, 0.2) is 5.96 Å². The number of hydrogen-bond acceptors (Lipinski definition) is 2. The number of halogens is 3. The topological polar surface area (TPSA) is 36.9 Å². The Morgan fingerprint density at radius 2 is 2.30 bits per heavy atom. The number of ether oxygens (including phenoxy) is 1. The van der Waals surface area contributed by atoms with Crippen molar-refractivity contribution in [2.24, 2.45) is 10.9 Å². The quantitative estimate of drug-likeness (QED) is 0.421. The number of nitrogens with one attached hydrogen (secondary N) is 1. The highest BCUT2D eigenvalue weighted by molar-refractivity contribution is 14.0. The summed E-state index contributed by atoms with van der Waals surface area (Å²) in [5.74, 6) is 1.09. The number of nitrogens with zero attached hydrogens (tertiary/aromatic N) is 2. The fourth-order valence-electron chi connectivity index (χ4n) is 2.66. The van der Waals surface area contributed by atoms with E-state index in [0.717, 1.165) is 32.1 Å². The molecule has 1 heterocycles. The van der Waals surface area contributed by atoms with Crippen LogP contribution in [0.1, 0.15) is 12.0 Å². The summed E-state index contributed by atoms with van der Waals surface area (Å²) in [5.41, 5.74) is 0.541. The van der Waals surface area contributed by atoms with Crippen LogP contribution >= 0.6 is 35.6 Å². The van der Waals surface area contributed by atoms with E-state index in [9.17, 15) is 4.39 Å². The largest absolute Gasteiger partial charge is 0.381 e. The third kappa shape index (κ3) is 6.08. The highest BCUT2D eigenvalue weighted by Crippen LogP contribution is 2.19. The summed E-state index contributed by atoms with van der Waals surface area (Å²) < 4.78 is 19.1. The normalized spacial score (nSPS) is 17.7. The zero-order chi connectivity index (χ0) is 15.9. The van der Waals surface area contributed by atoms with E-state index < -0.39 is 0 Å². The number of rotatable bonds is 5. The maximum atomic E-state index is 13.7. The predicted octanol–water partition coefficient (Wildman–Crippen LogP) is 3.18. The molecule has 2 rings (SSSR count). The molecule has 130 valence electrons. The van der Waals surface area contributed by atoms with Crippen LogP contribution < -0.4 is 5.32 Å². The molecule has 4 nitrogen and oxygen atoms in total. The van der Waals surface area contributed by atoms with E-state index in [1.165, 1.54) is 6.07 Å². The lowest BCUT2D eigenvalue weighted by molar-refractivity contribution is 0.181. The average Bonchev–Trinajstić information content (AvgIpc) is 2.99. The molecule has 0 radical (unpaired) electrons. The molecule has 1 aromatic rings. The van der Waals surface area contributed by atoms with Crippen LogP contribution in [0, 0.1) is 11.7 Å². The van der Waals surface area contributed by atoms with Gasteiger partial charge in [0.25, 0.3) is 0 Å². The summed E-state index contributed by atoms with van der Waals surface area (Å²) in [7, 11) is 3.75. The lowest BCUT2D eigenvalue weighted by Gasteiger charge is -2.24. The zero-order valence-corrected chi connectivity index (χ0v) is 16.6. The Kier molecular flexibility index (Phi) is 9.16. The monoisotopic (exact) mass is 455 g/mol. The van der Waals surface area contributed by atoms with Gasteiger partial charge in [-0.25, -0.2) is 4.39 Å². The Hall–Kier alpha value is -0.600. The van der Waals surface area contributed by atoms with E-state index in [0.29, 0.717) is 29.5 Å². The van der Waals surface area contributed by atoms with E-state index in [-0.39, 0.29) is 29.8 Å². The molecule has 0 aromatic heterocycles. The first-order valence-corrected chi connectivity index (χ1v) is 7.92. The van der Waals surface area contributed by atoms with Crippen LogP contribution in [0.25, 0.3) is 0 Å². The number of aliphatic imine (C=N–C) groups is 1. The summed E-state index contributed by atoms with van der Waals surface area (Å²) in [6.45, 7) is 3.14. The second-order valence-electron chi connectivity index (χ2n) is 5.53. The van der Waals surface area contributed by atoms with Gasteiger partial charge in [0.1, 0.15) is 5.82 Å². The van der Waals surface area contributed by atoms with Gasteiger partial charge in [-0.05, 0) is 25.0 Å². The zero-order valence-electron chi connectivity index (χ0n) is 13.5. The van der Waals surface area contributed by atoms with Gasteiger partial charge in [-0.3, -0.25) is 4.99 Å². The first-order chi connectivity index (χ1) is 10.6. The van der Waals surface area contributed by atoms with E-state index in [4.69, 9.17) is 16.3 Å². The van der Waals surface area contributed by atoms with E-state index >= 15 is 0 Å². The van der Waals surface area contributed by atoms with Crippen LogP contribution in [-0.4, -0.2) is 51.3 Å². The summed E-state index contributed by atoms with van der Waals surface area (Å²) in [5, 5.41) is 3.72. The van der Waals surface area contributed by atoms with Crippen molar-refractivity contribution in [1.29, 1.82) is 0 Å². The molecule has 1 aliphatic heterocycles. The minimum Gasteiger partial charge on any atom is -0.381 e. The summed E-state index contributed by atoms with van der Waals surface area (Å²) in [6, 6.07) is 4.76. The van der Waals surface area contributed by atoms with E-state index in [1.54, 1.807) is 19.2 Å². The van der Waals surface area contributed by atoms with Crippen LogP contribution in [0.15, 0.2) is 23.2 Å². The Balaban J connectivity index is 0.00000264. The lowest BCUT2D eigenvalue weighted by atomic mass is 10.1. The van der Waals surface area contributed by atoms with Gasteiger partial charge in [-0.2, -0.15) is 0 Å². The van der Waals surface area contributed by atoms with Crippen molar-refractivity contribution in [3.63, 3.8) is 0 Å². The number of benzene rings is 1. The van der Waals surface area contributed by atoms with Crippen molar-refractivity contribution in [1.82, 2.24) is 10.2 Å². The average molecular weight is 456 g/mol.